The molecule has 0 aliphatic carbocycles. The van der Waals surface area contributed by atoms with E-state index in [0.29, 0.717) is 24.2 Å². The number of ketones is 1. The molecule has 0 amide bonds. The normalized spacial score (nSPS) is 27.8. The van der Waals surface area contributed by atoms with Crippen molar-refractivity contribution in [2.24, 2.45) is 15.1 Å². The van der Waals surface area contributed by atoms with Gasteiger partial charge >= 0.3 is 0 Å². The highest BCUT2D eigenvalue weighted by molar-refractivity contribution is 7.96. The molecule has 172 valence electrons. The van der Waals surface area contributed by atoms with Crippen molar-refractivity contribution in [3.05, 3.63) is 63.7 Å². The molecule has 2 aliphatic heterocycles. The number of aliphatic imine (C=N–C) groups is 1. The zero-order valence-electron chi connectivity index (χ0n) is 18.4. The molecule has 2 N–H and O–H groups in total. The molecule has 2 aromatic rings. The monoisotopic (exact) mass is 487 g/mol. The van der Waals surface area contributed by atoms with Gasteiger partial charge in [0.1, 0.15) is 27.6 Å². The van der Waals surface area contributed by atoms with Gasteiger partial charge in [0.25, 0.3) is 0 Å². The number of fused-ring (bicyclic) bond motifs is 1. The van der Waals surface area contributed by atoms with Gasteiger partial charge in [0, 0.05) is 17.8 Å². The third kappa shape index (κ3) is 3.52. The molecule has 10 heteroatoms. The zero-order chi connectivity index (χ0) is 24.2. The number of amidine groups is 1. The number of nitriles is 1. The second-order valence-electron chi connectivity index (χ2n) is 8.89. The number of carbonyl (C=O) groups excluding carboxylic acids is 1. The number of benzene rings is 1. The van der Waals surface area contributed by atoms with Gasteiger partial charge in [-0.3, -0.25) is 14.8 Å². The number of Topliss-reactive ketones (excluding diaryl/α,β-unsaturated/α-hetero) is 1. The summed E-state index contributed by atoms with van der Waals surface area (Å²) in [5.41, 5.74) is 5.83. The summed E-state index contributed by atoms with van der Waals surface area (Å²) in [6.07, 6.45) is 0.338. The highest BCUT2D eigenvalue weighted by atomic mass is 35.5. The lowest BCUT2D eigenvalue weighted by atomic mass is 9.89. The number of nitrogens with two attached hydrogens (primary N) is 1. The van der Waals surface area contributed by atoms with E-state index in [1.807, 2.05) is 6.07 Å². The van der Waals surface area contributed by atoms with Crippen LogP contribution in [-0.2, 0) is 21.7 Å². The molecular formula is C23H23ClFN5O2S. The number of pyridine rings is 1. The van der Waals surface area contributed by atoms with Gasteiger partial charge in [0.05, 0.1) is 38.1 Å². The Balaban J connectivity index is 1.75. The van der Waals surface area contributed by atoms with Gasteiger partial charge in [-0.2, -0.15) is 5.26 Å². The Kier molecular flexibility index (Phi) is 5.58. The van der Waals surface area contributed by atoms with Crippen LogP contribution in [0.15, 0.2) is 39.7 Å². The van der Waals surface area contributed by atoms with Crippen molar-refractivity contribution in [1.82, 2.24) is 4.98 Å². The maximum atomic E-state index is 15.1. The van der Waals surface area contributed by atoms with Gasteiger partial charge in [-0.1, -0.05) is 11.6 Å². The molecule has 4 rings (SSSR count). The summed E-state index contributed by atoms with van der Waals surface area (Å²) in [5, 5.41) is 8.58. The fraction of sp³-hybridized carbons (Fsp3) is 0.391. The lowest BCUT2D eigenvalue weighted by Gasteiger charge is -2.44. The van der Waals surface area contributed by atoms with Crippen molar-refractivity contribution < 1.29 is 13.4 Å². The van der Waals surface area contributed by atoms with Crippen LogP contribution in [0, 0.1) is 17.1 Å². The van der Waals surface area contributed by atoms with E-state index < -0.39 is 31.1 Å². The average molecular weight is 488 g/mol. The first-order chi connectivity index (χ1) is 15.4. The first-order valence-electron chi connectivity index (χ1n) is 10.4. The second-order valence-corrected chi connectivity index (χ2v) is 12.3. The number of halogens is 2. The molecule has 2 aliphatic rings. The summed E-state index contributed by atoms with van der Waals surface area (Å²) in [7, 11) is -2.84. The largest absolute Gasteiger partial charge is 0.386 e. The summed E-state index contributed by atoms with van der Waals surface area (Å²) < 4.78 is 32.4. The number of aromatic nitrogens is 1. The number of nitrogens with zero attached hydrogens (tertiary/aromatic N) is 4. The van der Waals surface area contributed by atoms with Crippen molar-refractivity contribution in [1.29, 1.82) is 5.26 Å². The molecule has 33 heavy (non-hydrogen) atoms. The molecular weight excluding hydrogens is 465 g/mol. The molecule has 3 heterocycles. The van der Waals surface area contributed by atoms with Crippen LogP contribution in [-0.4, -0.2) is 37.4 Å². The second kappa shape index (κ2) is 7.89. The predicted octanol–water partition coefficient (Wildman–Crippen LogP) is 3.78. The molecule has 0 saturated carbocycles. The van der Waals surface area contributed by atoms with E-state index in [4.69, 9.17) is 22.6 Å². The first-order valence-corrected chi connectivity index (χ1v) is 12.4. The van der Waals surface area contributed by atoms with Gasteiger partial charge in [0.15, 0.2) is 5.78 Å². The molecule has 0 bridgehead atoms. The Morgan fingerprint density at radius 3 is 2.73 bits per heavy atom. The topological polar surface area (TPSA) is 122 Å². The van der Waals surface area contributed by atoms with Crippen LogP contribution in [0.4, 0.5) is 4.39 Å². The molecule has 0 radical (unpaired) electrons. The Morgan fingerprint density at radius 2 is 2.06 bits per heavy atom. The molecule has 0 fully saturated rings. The quantitative estimate of drug-likeness (QED) is 0.657. The van der Waals surface area contributed by atoms with Gasteiger partial charge in [-0.05, 0) is 57.5 Å². The van der Waals surface area contributed by atoms with Crippen LogP contribution in [0.1, 0.15) is 54.5 Å². The fourth-order valence-electron chi connectivity index (χ4n) is 4.48. The van der Waals surface area contributed by atoms with Crippen molar-refractivity contribution in [2.45, 2.75) is 49.1 Å². The van der Waals surface area contributed by atoms with Gasteiger partial charge in [-0.15, -0.1) is 0 Å². The van der Waals surface area contributed by atoms with E-state index in [-0.39, 0.29) is 34.3 Å². The molecule has 3 atom stereocenters. The Labute approximate surface area is 197 Å². The fourth-order valence-corrected chi connectivity index (χ4v) is 7.92. The molecule has 1 aromatic heterocycles. The molecule has 0 saturated heterocycles. The minimum Gasteiger partial charge on any atom is -0.386 e. The summed E-state index contributed by atoms with van der Waals surface area (Å²) in [4.78, 5) is 21.9. The van der Waals surface area contributed by atoms with Crippen LogP contribution in [0.3, 0.4) is 0 Å². The Morgan fingerprint density at radius 1 is 1.33 bits per heavy atom. The minimum atomic E-state index is -2.84. The minimum absolute atomic E-state index is 0.00741. The smallest absolute Gasteiger partial charge is 0.170 e. The SMILES string of the molecule is CC1(C)C(N)=N[C@](C)(c2nc(CC(=O)c3ccc(C#N)cc3Cl)ccc2F)[C@@H]2CCN=[S@@]21=O. The van der Waals surface area contributed by atoms with E-state index in [1.54, 1.807) is 20.8 Å². The predicted molar refractivity (Wildman–Crippen MR) is 125 cm³/mol. The first kappa shape index (κ1) is 23.3. The van der Waals surface area contributed by atoms with E-state index in [9.17, 15) is 9.00 Å². The molecule has 0 unspecified atom stereocenters. The van der Waals surface area contributed by atoms with Gasteiger partial charge < -0.3 is 5.73 Å². The van der Waals surface area contributed by atoms with Gasteiger partial charge in [0.2, 0.25) is 0 Å². The number of rotatable bonds is 4. The lowest BCUT2D eigenvalue weighted by Crippen LogP contribution is -2.58. The van der Waals surface area contributed by atoms with E-state index in [2.05, 4.69) is 14.3 Å². The zero-order valence-corrected chi connectivity index (χ0v) is 20.0. The van der Waals surface area contributed by atoms with Crippen LogP contribution in [0.5, 0.6) is 0 Å². The lowest BCUT2D eigenvalue weighted by molar-refractivity contribution is 0.0992. The van der Waals surface area contributed by atoms with Crippen molar-refractivity contribution in [3.8, 4) is 6.07 Å². The summed E-state index contributed by atoms with van der Waals surface area (Å²) in [6, 6.07) is 9.03. The van der Waals surface area contributed by atoms with Crippen LogP contribution in [0.25, 0.3) is 0 Å². The van der Waals surface area contributed by atoms with Crippen LogP contribution >= 0.6 is 11.6 Å². The summed E-state index contributed by atoms with van der Waals surface area (Å²) in [5.74, 6) is -0.800. The van der Waals surface area contributed by atoms with E-state index >= 15 is 4.39 Å². The Hall–Kier alpha value is -2.83. The molecule has 1 aromatic carbocycles. The standard InChI is InChI=1S/C23H23ClFN5O2S/c1-22(2)21(27)30-23(3,19-8-9-28-33(19,22)32)20-17(25)7-5-14(29-20)11-18(31)15-6-4-13(12-26)10-16(15)24/h4-7,10,19H,8-9,11H2,1-3H3,(H2,27,30)/t19-,23-,33+/m0/s1. The van der Waals surface area contributed by atoms with Crippen LogP contribution in [0.2, 0.25) is 5.02 Å². The Bertz CT molecular complexity index is 1370. The van der Waals surface area contributed by atoms with Crippen molar-refractivity contribution in [2.75, 3.05) is 6.54 Å². The molecule has 0 spiro atoms. The summed E-state index contributed by atoms with van der Waals surface area (Å²) >= 11 is 6.16. The van der Waals surface area contributed by atoms with Gasteiger partial charge in [-0.25, -0.2) is 13.0 Å². The maximum Gasteiger partial charge on any atom is 0.170 e. The maximum absolute atomic E-state index is 15.1. The van der Waals surface area contributed by atoms with E-state index in [0.717, 1.165) is 0 Å². The number of carbonyl (C=O) groups is 1. The van der Waals surface area contributed by atoms with Crippen LogP contribution < -0.4 is 5.73 Å². The van der Waals surface area contributed by atoms with E-state index in [1.165, 1.54) is 30.3 Å². The summed E-state index contributed by atoms with van der Waals surface area (Å²) in [6.45, 7) is 5.54. The van der Waals surface area contributed by atoms with Crippen molar-refractivity contribution >= 4 is 32.9 Å². The highest BCUT2D eigenvalue weighted by Crippen LogP contribution is 2.47. The third-order valence-electron chi connectivity index (χ3n) is 6.51. The highest BCUT2D eigenvalue weighted by Gasteiger charge is 2.57. The van der Waals surface area contributed by atoms with Crippen molar-refractivity contribution in [3.63, 3.8) is 0 Å². The molecule has 7 nitrogen and oxygen atoms in total. The number of hydrogen-bond donors (Lipinski definition) is 1. The average Bonchev–Trinajstić information content (AvgIpc) is 3.18. The number of hydrogen-bond acceptors (Lipinski definition) is 7. The third-order valence-corrected chi connectivity index (χ3v) is 10.5.